The summed E-state index contributed by atoms with van der Waals surface area (Å²) in [6.07, 6.45) is 2.87. The highest BCUT2D eigenvalue weighted by Crippen LogP contribution is 2.27. The number of hydrogen-bond donors (Lipinski definition) is 2. The third-order valence-corrected chi connectivity index (χ3v) is 4.80. The molecule has 0 saturated carbocycles. The molecule has 1 amide bonds. The predicted molar refractivity (Wildman–Crippen MR) is 93.6 cm³/mol. The molecule has 0 unspecified atom stereocenters. The van der Waals surface area contributed by atoms with Gasteiger partial charge in [0.2, 0.25) is 0 Å². The van der Waals surface area contributed by atoms with Crippen LogP contribution < -0.4 is 0 Å². The molecule has 2 N–H and O–H groups in total. The van der Waals surface area contributed by atoms with Crippen LogP contribution in [0.5, 0.6) is 11.5 Å². The number of aromatic hydroxyl groups is 2. The molecule has 0 aromatic heterocycles. The molecular weight excluding hydrogens is 326 g/mol. The van der Waals surface area contributed by atoms with Gasteiger partial charge in [-0.25, -0.2) is 0 Å². The summed E-state index contributed by atoms with van der Waals surface area (Å²) in [4.78, 5) is 14.3. The summed E-state index contributed by atoms with van der Waals surface area (Å²) < 4.78 is 0. The molecule has 0 spiro atoms. The number of likely N-dealkylation sites (tertiary alicyclic amines) is 1. The number of phenols is 2. The summed E-state index contributed by atoms with van der Waals surface area (Å²) in [5, 5.41) is 19.9. The molecule has 0 atom stereocenters. The topological polar surface area (TPSA) is 60.8 Å². The molecule has 5 heteroatoms. The molecule has 1 heterocycles. The second-order valence-electron chi connectivity index (χ2n) is 6.27. The van der Waals surface area contributed by atoms with Gasteiger partial charge in [0.1, 0.15) is 11.5 Å². The van der Waals surface area contributed by atoms with E-state index >= 15 is 0 Å². The van der Waals surface area contributed by atoms with E-state index in [0.717, 1.165) is 24.3 Å². The highest BCUT2D eigenvalue weighted by molar-refractivity contribution is 6.30. The zero-order valence-corrected chi connectivity index (χ0v) is 14.0. The van der Waals surface area contributed by atoms with E-state index < -0.39 is 0 Å². The van der Waals surface area contributed by atoms with Crippen LogP contribution in [-0.2, 0) is 6.42 Å². The average molecular weight is 346 g/mol. The van der Waals surface area contributed by atoms with E-state index in [2.05, 4.69) is 0 Å². The normalized spacial score (nSPS) is 15.5. The van der Waals surface area contributed by atoms with Gasteiger partial charge in [0.05, 0.1) is 5.56 Å². The zero-order chi connectivity index (χ0) is 17.1. The second kappa shape index (κ2) is 7.14. The SMILES string of the molecule is O=C(c1ccc(O)cc1O)N1CCC(Cc2ccc(Cl)cc2)CC1. The molecule has 0 radical (unpaired) electrons. The van der Waals surface area contributed by atoms with Crippen LogP contribution in [0.25, 0.3) is 0 Å². The summed E-state index contributed by atoms with van der Waals surface area (Å²) in [6.45, 7) is 1.36. The number of halogens is 1. The van der Waals surface area contributed by atoms with Crippen LogP contribution >= 0.6 is 11.6 Å². The van der Waals surface area contributed by atoms with E-state index in [9.17, 15) is 15.0 Å². The number of piperidine rings is 1. The number of phenolic OH excluding ortho intramolecular Hbond substituents is 2. The first kappa shape index (κ1) is 16.7. The van der Waals surface area contributed by atoms with Crippen LogP contribution in [0, 0.1) is 5.92 Å². The number of benzene rings is 2. The summed E-state index contributed by atoms with van der Waals surface area (Å²) in [7, 11) is 0. The molecule has 4 nitrogen and oxygen atoms in total. The van der Waals surface area contributed by atoms with Crippen molar-refractivity contribution < 1.29 is 15.0 Å². The maximum atomic E-state index is 12.5. The largest absolute Gasteiger partial charge is 0.508 e. The van der Waals surface area contributed by atoms with Crippen LogP contribution in [0.2, 0.25) is 5.02 Å². The fourth-order valence-corrected chi connectivity index (χ4v) is 3.29. The molecule has 1 aliphatic heterocycles. The number of amides is 1. The molecular formula is C19H20ClNO3. The molecule has 1 fully saturated rings. The monoisotopic (exact) mass is 345 g/mol. The Balaban J connectivity index is 1.58. The lowest BCUT2D eigenvalue weighted by Crippen LogP contribution is -2.38. The Morgan fingerprint density at radius 3 is 2.38 bits per heavy atom. The molecule has 2 aromatic carbocycles. The van der Waals surface area contributed by atoms with Crippen LogP contribution in [-0.4, -0.2) is 34.1 Å². The summed E-state index contributed by atoms with van der Waals surface area (Å²) in [5.74, 6) is 0.134. The fourth-order valence-electron chi connectivity index (χ4n) is 3.17. The average Bonchev–Trinajstić information content (AvgIpc) is 2.57. The van der Waals surface area contributed by atoms with Crippen molar-refractivity contribution in [2.45, 2.75) is 19.3 Å². The van der Waals surface area contributed by atoms with Gasteiger partial charge in [-0.15, -0.1) is 0 Å². The number of carbonyl (C=O) groups is 1. The zero-order valence-electron chi connectivity index (χ0n) is 13.3. The van der Waals surface area contributed by atoms with Crippen molar-refractivity contribution >= 4 is 17.5 Å². The Kier molecular flexibility index (Phi) is 4.95. The van der Waals surface area contributed by atoms with Crippen molar-refractivity contribution in [3.8, 4) is 11.5 Å². The van der Waals surface area contributed by atoms with Crippen molar-refractivity contribution in [3.05, 3.63) is 58.6 Å². The molecule has 2 aromatic rings. The third kappa shape index (κ3) is 3.82. The standard InChI is InChI=1S/C19H20ClNO3/c20-15-3-1-13(2-4-15)11-14-7-9-21(10-8-14)19(24)17-6-5-16(22)12-18(17)23/h1-6,12,14,22-23H,7-11H2. The van der Waals surface area contributed by atoms with Gasteiger partial charge in [-0.2, -0.15) is 0 Å². The highest BCUT2D eigenvalue weighted by Gasteiger charge is 2.25. The lowest BCUT2D eigenvalue weighted by Gasteiger charge is -2.32. The van der Waals surface area contributed by atoms with Gasteiger partial charge < -0.3 is 15.1 Å². The van der Waals surface area contributed by atoms with E-state index in [1.807, 2.05) is 24.3 Å². The Labute approximate surface area is 146 Å². The minimum Gasteiger partial charge on any atom is -0.508 e. The molecule has 1 saturated heterocycles. The van der Waals surface area contributed by atoms with Gasteiger partial charge in [-0.05, 0) is 55.0 Å². The van der Waals surface area contributed by atoms with Crippen LogP contribution in [0.3, 0.4) is 0 Å². The highest BCUT2D eigenvalue weighted by atomic mass is 35.5. The van der Waals surface area contributed by atoms with Crippen molar-refractivity contribution in [2.24, 2.45) is 5.92 Å². The lowest BCUT2D eigenvalue weighted by molar-refractivity contribution is 0.0687. The van der Waals surface area contributed by atoms with E-state index in [1.165, 1.54) is 23.8 Å². The van der Waals surface area contributed by atoms with Crippen molar-refractivity contribution in [1.29, 1.82) is 0 Å². The third-order valence-electron chi connectivity index (χ3n) is 4.55. The predicted octanol–water partition coefficient (Wildman–Crippen LogP) is 3.85. The van der Waals surface area contributed by atoms with E-state index in [-0.39, 0.29) is 23.0 Å². The lowest BCUT2D eigenvalue weighted by atomic mass is 9.90. The molecule has 24 heavy (non-hydrogen) atoms. The van der Waals surface area contributed by atoms with Crippen molar-refractivity contribution in [3.63, 3.8) is 0 Å². The summed E-state index contributed by atoms with van der Waals surface area (Å²) >= 11 is 5.91. The minimum atomic E-state index is -0.183. The number of rotatable bonds is 3. The Bertz CT molecular complexity index is 722. The molecule has 1 aliphatic rings. The first-order valence-electron chi connectivity index (χ1n) is 8.08. The van der Waals surface area contributed by atoms with Crippen LogP contribution in [0.15, 0.2) is 42.5 Å². The van der Waals surface area contributed by atoms with Crippen LogP contribution in [0.4, 0.5) is 0 Å². The summed E-state index contributed by atoms with van der Waals surface area (Å²) in [6, 6.07) is 12.0. The quantitative estimate of drug-likeness (QED) is 0.888. The van der Waals surface area contributed by atoms with Gasteiger partial charge in [-0.1, -0.05) is 23.7 Å². The van der Waals surface area contributed by atoms with Gasteiger partial charge in [-0.3, -0.25) is 4.79 Å². The molecule has 3 rings (SSSR count). The van der Waals surface area contributed by atoms with Gasteiger partial charge >= 0.3 is 0 Å². The maximum absolute atomic E-state index is 12.5. The first-order valence-corrected chi connectivity index (χ1v) is 8.46. The fraction of sp³-hybridized carbons (Fsp3) is 0.316. The first-order chi connectivity index (χ1) is 11.5. The van der Waals surface area contributed by atoms with Crippen molar-refractivity contribution in [1.82, 2.24) is 4.90 Å². The van der Waals surface area contributed by atoms with Crippen LogP contribution in [0.1, 0.15) is 28.8 Å². The molecule has 0 aliphatic carbocycles. The Morgan fingerprint density at radius 2 is 1.75 bits per heavy atom. The van der Waals surface area contributed by atoms with E-state index in [0.29, 0.717) is 19.0 Å². The smallest absolute Gasteiger partial charge is 0.257 e. The second-order valence-corrected chi connectivity index (χ2v) is 6.70. The number of carbonyl (C=O) groups excluding carboxylic acids is 1. The van der Waals surface area contributed by atoms with Gasteiger partial charge in [0, 0.05) is 24.2 Å². The minimum absolute atomic E-state index is 0.0503. The molecule has 126 valence electrons. The summed E-state index contributed by atoms with van der Waals surface area (Å²) in [5.41, 5.74) is 1.50. The van der Waals surface area contributed by atoms with E-state index in [1.54, 1.807) is 4.90 Å². The van der Waals surface area contributed by atoms with E-state index in [4.69, 9.17) is 11.6 Å². The molecule has 0 bridgehead atoms. The maximum Gasteiger partial charge on any atom is 0.257 e. The van der Waals surface area contributed by atoms with Crippen molar-refractivity contribution in [2.75, 3.05) is 13.1 Å². The number of hydrogen-bond acceptors (Lipinski definition) is 3. The number of nitrogens with zero attached hydrogens (tertiary/aromatic N) is 1. The van der Waals surface area contributed by atoms with Gasteiger partial charge in [0.25, 0.3) is 5.91 Å². The Morgan fingerprint density at radius 1 is 1.08 bits per heavy atom. The Hall–Kier alpha value is -2.20. The van der Waals surface area contributed by atoms with Gasteiger partial charge in [0.15, 0.2) is 0 Å².